The maximum absolute atomic E-state index is 6.87. The van der Waals surface area contributed by atoms with Gasteiger partial charge in [-0.3, -0.25) is 0 Å². The molecule has 0 spiro atoms. The van der Waals surface area contributed by atoms with Crippen LogP contribution in [0.25, 0.3) is 0 Å². The van der Waals surface area contributed by atoms with Gasteiger partial charge >= 0.3 is 23.0 Å². The lowest BCUT2D eigenvalue weighted by Crippen LogP contribution is -2.13. The minimum Gasteiger partial charge on any atom is -0.413 e. The van der Waals surface area contributed by atoms with E-state index in [1.165, 1.54) is 0 Å². The van der Waals surface area contributed by atoms with E-state index in [-0.39, 0.29) is 12.2 Å². The molecule has 0 saturated heterocycles. The zero-order valence-corrected chi connectivity index (χ0v) is 30.2. The zero-order chi connectivity index (χ0) is 33.0. The molecule has 1 aliphatic heterocycles. The summed E-state index contributed by atoms with van der Waals surface area (Å²) in [5.74, 6) is 2.21. The molecular weight excluding hydrogens is 639 g/mol. The number of rotatable bonds is 12. The van der Waals surface area contributed by atoms with E-state index in [1.807, 2.05) is 152 Å². The average molecular weight is 682 g/mol. The second kappa shape index (κ2) is 14.2. The van der Waals surface area contributed by atoms with Crippen LogP contribution in [-0.2, 0) is 9.05 Å². The van der Waals surface area contributed by atoms with Crippen LogP contribution in [0.15, 0.2) is 111 Å². The molecule has 12 heteroatoms. The Morgan fingerprint density at radius 1 is 0.391 bits per heavy atom. The summed E-state index contributed by atoms with van der Waals surface area (Å²) in [6.07, 6.45) is -0.648. The topological polar surface area (TPSA) is 92.5 Å². The van der Waals surface area contributed by atoms with Crippen LogP contribution in [0, 0.1) is 27.7 Å². The molecule has 4 aromatic rings. The highest BCUT2D eigenvalue weighted by atomic mass is 31.3. The van der Waals surface area contributed by atoms with Crippen molar-refractivity contribution in [3.63, 3.8) is 0 Å². The van der Waals surface area contributed by atoms with Gasteiger partial charge in [0.25, 0.3) is 0 Å². The van der Waals surface area contributed by atoms with Crippen molar-refractivity contribution < 1.29 is 27.1 Å². The van der Waals surface area contributed by atoms with Crippen LogP contribution in [0.5, 0.6) is 23.0 Å². The molecule has 0 atom stereocenters. The molecular formula is C34H42N3O6P3. The Bertz CT molecular complexity index is 1660. The van der Waals surface area contributed by atoms with Gasteiger partial charge in [0.1, 0.15) is 23.0 Å². The lowest BCUT2D eigenvalue weighted by Gasteiger charge is -2.35. The summed E-state index contributed by atoms with van der Waals surface area (Å²) < 4.78 is 56.3. The van der Waals surface area contributed by atoms with Gasteiger partial charge in [-0.15, -0.1) is 9.03 Å². The predicted octanol–water partition coefficient (Wildman–Crippen LogP) is 12.2. The summed E-state index contributed by atoms with van der Waals surface area (Å²) >= 11 is 0. The van der Waals surface area contributed by atoms with Gasteiger partial charge in [-0.2, -0.15) is 0 Å². The van der Waals surface area contributed by atoms with Crippen LogP contribution in [0.1, 0.15) is 49.9 Å². The third kappa shape index (κ3) is 8.15. The van der Waals surface area contributed by atoms with Crippen LogP contribution in [0.2, 0.25) is 0 Å². The van der Waals surface area contributed by atoms with Gasteiger partial charge in [0.15, 0.2) is 0 Å². The summed E-state index contributed by atoms with van der Waals surface area (Å²) in [5, 5.41) is 0. The zero-order valence-electron chi connectivity index (χ0n) is 27.5. The van der Waals surface area contributed by atoms with Crippen molar-refractivity contribution in [3.8, 4) is 23.0 Å². The van der Waals surface area contributed by atoms with Crippen LogP contribution in [0.3, 0.4) is 0 Å². The Kier molecular flexibility index (Phi) is 10.5. The van der Waals surface area contributed by atoms with Crippen molar-refractivity contribution in [1.29, 1.82) is 0 Å². The Morgan fingerprint density at radius 3 is 0.891 bits per heavy atom. The van der Waals surface area contributed by atoms with Gasteiger partial charge in [0, 0.05) is 0 Å². The van der Waals surface area contributed by atoms with E-state index < -0.39 is 23.0 Å². The van der Waals surface area contributed by atoms with Crippen molar-refractivity contribution in [3.05, 3.63) is 119 Å². The molecule has 0 bridgehead atoms. The first-order valence-electron chi connectivity index (χ1n) is 15.2. The second-order valence-electron chi connectivity index (χ2n) is 11.5. The molecule has 0 amide bonds. The highest BCUT2D eigenvalue weighted by Crippen LogP contribution is 2.80. The summed E-state index contributed by atoms with van der Waals surface area (Å²) in [7, 11) is -11.2. The highest BCUT2D eigenvalue weighted by molar-refractivity contribution is 7.78. The Hall–Kier alpha value is -3.31. The van der Waals surface area contributed by atoms with Gasteiger partial charge in [0.05, 0.1) is 12.2 Å². The van der Waals surface area contributed by atoms with E-state index in [9.17, 15) is 0 Å². The minimum absolute atomic E-state index is 0.324. The van der Waals surface area contributed by atoms with Crippen LogP contribution in [-0.4, -0.2) is 12.2 Å². The Balaban J connectivity index is 1.91. The lowest BCUT2D eigenvalue weighted by atomic mass is 10.2. The van der Waals surface area contributed by atoms with Crippen LogP contribution < -0.4 is 18.1 Å². The molecule has 4 aromatic carbocycles. The molecule has 0 aliphatic carbocycles. The SMILES string of the molecule is Cc1ccccc1OP1(Oc2ccccc2C)=NP(Oc2ccccc2C)(Oc2ccccc2C)=NP(OC(C)C)(OC(C)C)=N1. The third-order valence-corrected chi connectivity index (χ3v) is 15.2. The molecule has 46 heavy (non-hydrogen) atoms. The summed E-state index contributed by atoms with van der Waals surface area (Å²) in [4.78, 5) is 0. The van der Waals surface area contributed by atoms with Gasteiger partial charge in [0.2, 0.25) is 0 Å². The number of hydrogen-bond donors (Lipinski definition) is 0. The van der Waals surface area contributed by atoms with E-state index in [2.05, 4.69) is 0 Å². The fraction of sp³-hybridized carbons (Fsp3) is 0.294. The molecule has 9 nitrogen and oxygen atoms in total. The Morgan fingerprint density at radius 2 is 0.630 bits per heavy atom. The van der Waals surface area contributed by atoms with Gasteiger partial charge in [-0.25, -0.2) is 0 Å². The maximum Gasteiger partial charge on any atom is 0.459 e. The monoisotopic (exact) mass is 681 g/mol. The molecule has 1 aliphatic rings. The molecule has 0 saturated carbocycles. The quantitative estimate of drug-likeness (QED) is 0.138. The largest absolute Gasteiger partial charge is 0.459 e. The van der Waals surface area contributed by atoms with Gasteiger partial charge in [-0.05, 0) is 102 Å². The van der Waals surface area contributed by atoms with E-state index >= 15 is 0 Å². The van der Waals surface area contributed by atoms with E-state index in [4.69, 9.17) is 40.7 Å². The average Bonchev–Trinajstić information content (AvgIpc) is 2.97. The van der Waals surface area contributed by atoms with E-state index in [0.29, 0.717) is 23.0 Å². The standard InChI is InChI=1S/C34H42N3O6P3/c1-25(2)38-44(39-26(3)4)35-45(40-31-21-13-9-17-27(31)5,41-32-22-14-10-18-28(32)6)37-46(36-44,42-33-23-15-11-19-29(33)7)43-34-24-16-12-20-30(34)8/h9-26H,1-8H3. The number of hydrogen-bond acceptors (Lipinski definition) is 9. The number of aryl methyl sites for hydroxylation is 4. The molecule has 5 rings (SSSR count). The number of benzene rings is 4. The summed E-state index contributed by atoms with van der Waals surface area (Å²) in [5.41, 5.74) is 3.52. The van der Waals surface area contributed by atoms with Crippen LogP contribution >= 0.6 is 23.0 Å². The molecule has 0 N–H and O–H groups in total. The van der Waals surface area contributed by atoms with Crippen molar-refractivity contribution in [2.24, 2.45) is 13.5 Å². The maximum atomic E-state index is 6.87. The lowest BCUT2D eigenvalue weighted by molar-refractivity contribution is 0.169. The molecule has 244 valence electrons. The van der Waals surface area contributed by atoms with E-state index in [1.54, 1.807) is 0 Å². The van der Waals surface area contributed by atoms with Crippen molar-refractivity contribution in [2.75, 3.05) is 0 Å². The normalized spacial score (nSPS) is 16.1. The van der Waals surface area contributed by atoms with Crippen molar-refractivity contribution in [2.45, 2.75) is 67.6 Å². The highest BCUT2D eigenvalue weighted by Gasteiger charge is 2.48. The first-order valence-corrected chi connectivity index (χ1v) is 19.8. The smallest absolute Gasteiger partial charge is 0.413 e. The Labute approximate surface area is 273 Å². The summed E-state index contributed by atoms with van der Waals surface area (Å²) in [6, 6.07) is 30.7. The van der Waals surface area contributed by atoms with Gasteiger partial charge in [-0.1, -0.05) is 77.3 Å². The number of para-hydroxylation sites is 4. The first kappa shape index (κ1) is 34.0. The molecule has 0 aromatic heterocycles. The van der Waals surface area contributed by atoms with Crippen molar-refractivity contribution in [1.82, 2.24) is 0 Å². The molecule has 1 heterocycles. The number of nitrogens with zero attached hydrogens (tertiary/aromatic N) is 3. The second-order valence-corrected chi connectivity index (χ2v) is 17.7. The molecule has 0 radical (unpaired) electrons. The first-order chi connectivity index (χ1) is 21.9. The van der Waals surface area contributed by atoms with Crippen LogP contribution in [0.4, 0.5) is 0 Å². The van der Waals surface area contributed by atoms with Gasteiger partial charge < -0.3 is 27.1 Å². The van der Waals surface area contributed by atoms with E-state index in [0.717, 1.165) is 22.3 Å². The fourth-order valence-corrected chi connectivity index (χ4v) is 14.2. The molecule has 0 fully saturated rings. The fourth-order valence-electron chi connectivity index (χ4n) is 4.47. The third-order valence-electron chi connectivity index (χ3n) is 6.62. The predicted molar refractivity (Wildman–Crippen MR) is 188 cm³/mol. The minimum atomic E-state index is -3.79. The van der Waals surface area contributed by atoms with Crippen molar-refractivity contribution >= 4 is 23.0 Å². The molecule has 0 unspecified atom stereocenters. The summed E-state index contributed by atoms with van der Waals surface area (Å²) in [6.45, 7) is 15.5.